The first kappa shape index (κ1) is 16.6. The summed E-state index contributed by atoms with van der Waals surface area (Å²) < 4.78 is 0. The first-order valence-corrected chi connectivity index (χ1v) is 8.58. The van der Waals surface area contributed by atoms with E-state index in [2.05, 4.69) is 37.8 Å². The van der Waals surface area contributed by atoms with E-state index in [0.29, 0.717) is 5.41 Å². The Morgan fingerprint density at radius 1 is 1.29 bits per heavy atom. The molecule has 1 heterocycles. The summed E-state index contributed by atoms with van der Waals surface area (Å²) in [6.07, 6.45) is 5.73. The molecule has 3 heteroatoms. The fourth-order valence-corrected chi connectivity index (χ4v) is 3.26. The third kappa shape index (κ3) is 4.62. The summed E-state index contributed by atoms with van der Waals surface area (Å²) in [5.41, 5.74) is 9.25. The van der Waals surface area contributed by atoms with Gasteiger partial charge >= 0.3 is 0 Å². The molecule has 1 saturated heterocycles. The summed E-state index contributed by atoms with van der Waals surface area (Å²) in [7, 11) is 0. The summed E-state index contributed by atoms with van der Waals surface area (Å²) in [4.78, 5) is 2.51. The molecule has 0 bridgehead atoms. The molecule has 21 heavy (non-hydrogen) atoms. The van der Waals surface area contributed by atoms with Crippen LogP contribution in [0.4, 0.5) is 5.69 Å². The molecule has 0 radical (unpaired) electrons. The van der Waals surface area contributed by atoms with Gasteiger partial charge < -0.3 is 10.6 Å². The number of anilines is 1. The van der Waals surface area contributed by atoms with Crippen LogP contribution in [0.2, 0.25) is 5.02 Å². The molecule has 1 aliphatic heterocycles. The average molecular weight is 309 g/mol. The number of rotatable bonds is 4. The molecule has 0 spiro atoms. The highest BCUT2D eigenvalue weighted by molar-refractivity contribution is 6.30. The standard InChI is InChI=1S/C18H29ClN2/c1-4-16(20)12-14-6-7-15(19)13-17(14)21-10-5-8-18(2,3)9-11-21/h6-7,13,16H,4-5,8-12,20H2,1-3H3. The highest BCUT2D eigenvalue weighted by Crippen LogP contribution is 2.34. The zero-order valence-corrected chi connectivity index (χ0v) is 14.4. The largest absolute Gasteiger partial charge is 0.371 e. The Labute approximate surface area is 134 Å². The third-order valence-electron chi connectivity index (χ3n) is 4.73. The molecule has 2 N–H and O–H groups in total. The molecule has 1 aromatic carbocycles. The number of nitrogens with zero attached hydrogens (tertiary/aromatic N) is 1. The van der Waals surface area contributed by atoms with Gasteiger partial charge in [-0.15, -0.1) is 0 Å². The van der Waals surface area contributed by atoms with Gasteiger partial charge in [-0.05, 0) is 55.2 Å². The van der Waals surface area contributed by atoms with Crippen LogP contribution < -0.4 is 10.6 Å². The first-order chi connectivity index (χ1) is 9.91. The van der Waals surface area contributed by atoms with Gasteiger partial charge in [-0.2, -0.15) is 0 Å². The van der Waals surface area contributed by atoms with Crippen molar-refractivity contribution in [3.8, 4) is 0 Å². The van der Waals surface area contributed by atoms with E-state index in [1.807, 2.05) is 6.07 Å². The predicted octanol–water partition coefficient (Wildman–Crippen LogP) is 4.64. The molecule has 1 atom stereocenters. The van der Waals surface area contributed by atoms with Crippen molar-refractivity contribution in [2.75, 3.05) is 18.0 Å². The van der Waals surface area contributed by atoms with Crippen LogP contribution in [-0.2, 0) is 6.42 Å². The van der Waals surface area contributed by atoms with Crippen LogP contribution in [0, 0.1) is 5.41 Å². The van der Waals surface area contributed by atoms with Crippen molar-refractivity contribution in [3.05, 3.63) is 28.8 Å². The summed E-state index contributed by atoms with van der Waals surface area (Å²) >= 11 is 6.25. The minimum atomic E-state index is 0.230. The molecule has 1 fully saturated rings. The molecule has 1 aliphatic rings. The number of halogens is 1. The van der Waals surface area contributed by atoms with E-state index in [1.165, 1.54) is 30.5 Å². The number of benzene rings is 1. The topological polar surface area (TPSA) is 29.3 Å². The van der Waals surface area contributed by atoms with Crippen LogP contribution in [0.25, 0.3) is 0 Å². The molecular formula is C18H29ClN2. The van der Waals surface area contributed by atoms with E-state index in [1.54, 1.807) is 0 Å². The van der Waals surface area contributed by atoms with E-state index < -0.39 is 0 Å². The van der Waals surface area contributed by atoms with Crippen LogP contribution in [-0.4, -0.2) is 19.1 Å². The monoisotopic (exact) mass is 308 g/mol. The van der Waals surface area contributed by atoms with E-state index in [9.17, 15) is 0 Å². The Bertz CT molecular complexity index is 470. The zero-order valence-electron chi connectivity index (χ0n) is 13.7. The lowest BCUT2D eigenvalue weighted by molar-refractivity contribution is 0.325. The summed E-state index contributed by atoms with van der Waals surface area (Å²) in [5, 5.41) is 0.822. The van der Waals surface area contributed by atoms with Gasteiger partial charge in [0.15, 0.2) is 0 Å². The first-order valence-electron chi connectivity index (χ1n) is 8.20. The van der Waals surface area contributed by atoms with Crippen LogP contribution >= 0.6 is 11.6 Å². The number of hydrogen-bond acceptors (Lipinski definition) is 2. The molecule has 2 rings (SSSR count). The molecule has 1 unspecified atom stereocenters. The Hall–Kier alpha value is -0.730. The lowest BCUT2D eigenvalue weighted by Gasteiger charge is -2.28. The molecule has 0 saturated carbocycles. The molecule has 0 aliphatic carbocycles. The third-order valence-corrected chi connectivity index (χ3v) is 4.97. The highest BCUT2D eigenvalue weighted by Gasteiger charge is 2.24. The van der Waals surface area contributed by atoms with E-state index in [0.717, 1.165) is 31.0 Å². The molecule has 2 nitrogen and oxygen atoms in total. The lowest BCUT2D eigenvalue weighted by atomic mass is 9.85. The highest BCUT2D eigenvalue weighted by atomic mass is 35.5. The number of nitrogens with two attached hydrogens (primary N) is 1. The normalized spacial score (nSPS) is 20.1. The van der Waals surface area contributed by atoms with Crippen molar-refractivity contribution in [3.63, 3.8) is 0 Å². The fraction of sp³-hybridized carbons (Fsp3) is 0.667. The Morgan fingerprint density at radius 3 is 2.76 bits per heavy atom. The second-order valence-corrected chi connectivity index (χ2v) is 7.59. The quantitative estimate of drug-likeness (QED) is 0.878. The second-order valence-electron chi connectivity index (χ2n) is 7.15. The molecule has 0 amide bonds. The van der Waals surface area contributed by atoms with Crippen molar-refractivity contribution >= 4 is 17.3 Å². The van der Waals surface area contributed by atoms with E-state index >= 15 is 0 Å². The van der Waals surface area contributed by atoms with Gasteiger partial charge in [-0.1, -0.05) is 38.4 Å². The van der Waals surface area contributed by atoms with Crippen LogP contribution in [0.1, 0.15) is 52.0 Å². The van der Waals surface area contributed by atoms with E-state index in [4.69, 9.17) is 17.3 Å². The van der Waals surface area contributed by atoms with Crippen molar-refractivity contribution < 1.29 is 0 Å². The number of hydrogen-bond donors (Lipinski definition) is 1. The van der Waals surface area contributed by atoms with Crippen molar-refractivity contribution in [1.82, 2.24) is 0 Å². The zero-order chi connectivity index (χ0) is 15.5. The molecular weight excluding hydrogens is 280 g/mol. The maximum Gasteiger partial charge on any atom is 0.0426 e. The summed E-state index contributed by atoms with van der Waals surface area (Å²) in [5.74, 6) is 0. The second kappa shape index (κ2) is 7.02. The van der Waals surface area contributed by atoms with Gasteiger partial charge in [0.1, 0.15) is 0 Å². The van der Waals surface area contributed by atoms with Gasteiger partial charge in [0.2, 0.25) is 0 Å². The van der Waals surface area contributed by atoms with Gasteiger partial charge in [0.25, 0.3) is 0 Å². The fourth-order valence-electron chi connectivity index (χ4n) is 3.09. The van der Waals surface area contributed by atoms with Gasteiger partial charge in [-0.25, -0.2) is 0 Å². The van der Waals surface area contributed by atoms with Crippen molar-refractivity contribution in [2.45, 2.75) is 58.9 Å². The van der Waals surface area contributed by atoms with Crippen LogP contribution in [0.5, 0.6) is 0 Å². The van der Waals surface area contributed by atoms with Gasteiger partial charge in [0, 0.05) is 29.8 Å². The lowest BCUT2D eigenvalue weighted by Crippen LogP contribution is -2.28. The Kier molecular flexibility index (Phi) is 5.56. The minimum absolute atomic E-state index is 0.230. The maximum atomic E-state index is 6.25. The van der Waals surface area contributed by atoms with E-state index in [-0.39, 0.29) is 6.04 Å². The maximum absolute atomic E-state index is 6.25. The van der Waals surface area contributed by atoms with Crippen LogP contribution in [0.3, 0.4) is 0 Å². The van der Waals surface area contributed by atoms with Gasteiger partial charge in [-0.3, -0.25) is 0 Å². The molecule has 0 aromatic heterocycles. The SMILES string of the molecule is CCC(N)Cc1ccc(Cl)cc1N1CCCC(C)(C)CC1. The predicted molar refractivity (Wildman–Crippen MR) is 93.3 cm³/mol. The summed E-state index contributed by atoms with van der Waals surface area (Å²) in [6, 6.07) is 6.50. The van der Waals surface area contributed by atoms with Crippen molar-refractivity contribution in [2.24, 2.45) is 11.1 Å². The molecule has 1 aromatic rings. The average Bonchev–Trinajstić information content (AvgIpc) is 2.61. The van der Waals surface area contributed by atoms with Crippen LogP contribution in [0.15, 0.2) is 18.2 Å². The van der Waals surface area contributed by atoms with Gasteiger partial charge in [0.05, 0.1) is 0 Å². The smallest absolute Gasteiger partial charge is 0.0426 e. The van der Waals surface area contributed by atoms with Crippen molar-refractivity contribution in [1.29, 1.82) is 0 Å². The summed E-state index contributed by atoms with van der Waals surface area (Å²) in [6.45, 7) is 9.14. The minimum Gasteiger partial charge on any atom is -0.371 e. The Balaban J connectivity index is 2.22. The molecule has 118 valence electrons. The Morgan fingerprint density at radius 2 is 2.05 bits per heavy atom.